The minimum atomic E-state index is -3.51. The van der Waals surface area contributed by atoms with Crippen LogP contribution >= 0.6 is 0 Å². The van der Waals surface area contributed by atoms with Gasteiger partial charge in [0, 0.05) is 26.3 Å². The van der Waals surface area contributed by atoms with Crippen molar-refractivity contribution in [3.05, 3.63) is 17.8 Å². The Balaban J connectivity index is 1.95. The van der Waals surface area contributed by atoms with E-state index in [1.807, 2.05) is 0 Å². The highest BCUT2D eigenvalue weighted by Gasteiger charge is 2.27. The van der Waals surface area contributed by atoms with E-state index in [2.05, 4.69) is 9.71 Å². The molecule has 0 unspecified atom stereocenters. The maximum Gasteiger partial charge on any atom is 0.279 e. The minimum absolute atomic E-state index is 0.0120. The van der Waals surface area contributed by atoms with Crippen molar-refractivity contribution >= 4 is 10.2 Å². The summed E-state index contributed by atoms with van der Waals surface area (Å²) < 4.78 is 38.5. The lowest BCUT2D eigenvalue weighted by Crippen LogP contribution is -2.46. The third-order valence-corrected chi connectivity index (χ3v) is 4.91. The van der Waals surface area contributed by atoms with Crippen molar-refractivity contribution in [1.82, 2.24) is 14.0 Å². The Kier molecular flexibility index (Phi) is 4.56. The number of ether oxygens (including phenoxy) is 1. The summed E-state index contributed by atoms with van der Waals surface area (Å²) in [4.78, 5) is 3.92. The Morgan fingerprint density at radius 3 is 2.74 bits per heavy atom. The Labute approximate surface area is 113 Å². The van der Waals surface area contributed by atoms with E-state index in [1.165, 1.54) is 10.7 Å². The molecule has 7 nitrogen and oxygen atoms in total. The highest BCUT2D eigenvalue weighted by Crippen LogP contribution is 2.15. The maximum absolute atomic E-state index is 12.1. The molecule has 1 fully saturated rings. The van der Waals surface area contributed by atoms with Crippen molar-refractivity contribution in [3.63, 3.8) is 0 Å². The predicted molar refractivity (Wildman–Crippen MR) is 68.6 cm³/mol. The molecule has 2 rings (SSSR count). The lowest BCUT2D eigenvalue weighted by atomic mass is 10.1. The molecule has 108 valence electrons. The fourth-order valence-corrected chi connectivity index (χ4v) is 3.12. The topological polar surface area (TPSA) is 84.7 Å². The van der Waals surface area contributed by atoms with Gasteiger partial charge in [0.15, 0.2) is 6.39 Å². The quantitative estimate of drug-likeness (QED) is 0.849. The number of hydrogen-bond acceptors (Lipinski definition) is 5. The minimum Gasteiger partial charge on any atom is -0.447 e. The summed E-state index contributed by atoms with van der Waals surface area (Å²) in [6.07, 6.45) is 2.75. The van der Waals surface area contributed by atoms with E-state index in [1.54, 1.807) is 14.0 Å². The third-order valence-electron chi connectivity index (χ3n) is 3.34. The van der Waals surface area contributed by atoms with E-state index >= 15 is 0 Å². The Morgan fingerprint density at radius 2 is 2.16 bits per heavy atom. The number of aryl methyl sites for hydroxylation is 1. The van der Waals surface area contributed by atoms with Crippen molar-refractivity contribution < 1.29 is 17.6 Å². The van der Waals surface area contributed by atoms with E-state index in [-0.39, 0.29) is 12.6 Å². The zero-order valence-corrected chi connectivity index (χ0v) is 11.9. The van der Waals surface area contributed by atoms with Crippen LogP contribution in [0, 0.1) is 6.92 Å². The molecule has 0 aromatic carbocycles. The van der Waals surface area contributed by atoms with Crippen LogP contribution in [0.2, 0.25) is 0 Å². The van der Waals surface area contributed by atoms with Crippen molar-refractivity contribution in [1.29, 1.82) is 0 Å². The van der Waals surface area contributed by atoms with Gasteiger partial charge in [-0.1, -0.05) is 0 Å². The van der Waals surface area contributed by atoms with Gasteiger partial charge in [-0.25, -0.2) is 4.98 Å². The largest absolute Gasteiger partial charge is 0.447 e. The van der Waals surface area contributed by atoms with Crippen molar-refractivity contribution in [2.24, 2.45) is 0 Å². The zero-order valence-electron chi connectivity index (χ0n) is 11.1. The summed E-state index contributed by atoms with van der Waals surface area (Å²) in [6, 6.07) is -0.0120. The van der Waals surface area contributed by atoms with E-state index in [0.29, 0.717) is 24.7 Å². The second-order valence-corrected chi connectivity index (χ2v) is 6.36. The molecule has 1 aliphatic rings. The van der Waals surface area contributed by atoms with Gasteiger partial charge in [-0.15, -0.1) is 0 Å². The van der Waals surface area contributed by atoms with Crippen LogP contribution in [0.1, 0.15) is 24.3 Å². The fourth-order valence-electron chi connectivity index (χ4n) is 2.00. The average Bonchev–Trinajstić information content (AvgIpc) is 2.82. The van der Waals surface area contributed by atoms with Crippen LogP contribution in [-0.2, 0) is 21.5 Å². The molecule has 0 saturated carbocycles. The van der Waals surface area contributed by atoms with E-state index in [4.69, 9.17) is 9.15 Å². The summed E-state index contributed by atoms with van der Waals surface area (Å²) >= 11 is 0. The van der Waals surface area contributed by atoms with Gasteiger partial charge in [-0.3, -0.25) is 0 Å². The number of hydrogen-bond donors (Lipinski definition) is 1. The summed E-state index contributed by atoms with van der Waals surface area (Å²) in [5.41, 5.74) is 0.691. The molecule has 0 aliphatic carbocycles. The number of nitrogens with zero attached hydrogens (tertiary/aromatic N) is 2. The smallest absolute Gasteiger partial charge is 0.279 e. The number of oxazole rings is 1. The molecule has 1 aromatic rings. The summed E-state index contributed by atoms with van der Waals surface area (Å²) in [6.45, 7) is 3.09. The second kappa shape index (κ2) is 6.00. The Hall–Kier alpha value is -0.960. The van der Waals surface area contributed by atoms with Gasteiger partial charge in [0.1, 0.15) is 5.76 Å². The summed E-state index contributed by atoms with van der Waals surface area (Å²) in [5, 5.41) is 0. The molecule has 1 saturated heterocycles. The molecule has 0 bridgehead atoms. The van der Waals surface area contributed by atoms with Crippen LogP contribution in [-0.4, -0.2) is 44.0 Å². The van der Waals surface area contributed by atoms with Gasteiger partial charge in [0.25, 0.3) is 10.2 Å². The Morgan fingerprint density at radius 1 is 1.47 bits per heavy atom. The molecule has 0 atom stereocenters. The lowest BCUT2D eigenvalue weighted by Gasteiger charge is -2.30. The second-order valence-electron chi connectivity index (χ2n) is 4.55. The van der Waals surface area contributed by atoms with Crippen molar-refractivity contribution in [2.45, 2.75) is 32.4 Å². The number of rotatable bonds is 5. The normalized spacial score (nSPS) is 18.1. The van der Waals surface area contributed by atoms with Gasteiger partial charge >= 0.3 is 0 Å². The number of aromatic nitrogens is 1. The van der Waals surface area contributed by atoms with Gasteiger partial charge < -0.3 is 9.15 Å². The van der Waals surface area contributed by atoms with Crippen molar-refractivity contribution in [2.75, 3.05) is 20.3 Å². The lowest BCUT2D eigenvalue weighted by molar-refractivity contribution is 0.0629. The SMILES string of the molecule is Cc1ncoc1CNS(=O)(=O)N(C)C1CCOCC1. The molecule has 1 aliphatic heterocycles. The zero-order chi connectivity index (χ0) is 13.9. The van der Waals surface area contributed by atoms with Crippen LogP contribution in [0.25, 0.3) is 0 Å². The van der Waals surface area contributed by atoms with Gasteiger partial charge in [-0.2, -0.15) is 17.4 Å². The summed E-state index contributed by atoms with van der Waals surface area (Å²) in [7, 11) is -1.92. The molecule has 1 aromatic heterocycles. The first kappa shape index (κ1) is 14.4. The molecule has 1 N–H and O–H groups in total. The first-order valence-electron chi connectivity index (χ1n) is 6.20. The predicted octanol–water partition coefficient (Wildman–Crippen LogP) is 0.428. The number of nitrogens with one attached hydrogen (secondary N) is 1. The fraction of sp³-hybridized carbons (Fsp3) is 0.727. The highest BCUT2D eigenvalue weighted by molar-refractivity contribution is 7.87. The van der Waals surface area contributed by atoms with Crippen LogP contribution in [0.15, 0.2) is 10.8 Å². The first-order valence-corrected chi connectivity index (χ1v) is 7.64. The van der Waals surface area contributed by atoms with Crippen LogP contribution in [0.4, 0.5) is 0 Å². The Bertz CT molecular complexity index is 508. The van der Waals surface area contributed by atoms with Gasteiger partial charge in [0.2, 0.25) is 0 Å². The monoisotopic (exact) mass is 289 g/mol. The molecule has 2 heterocycles. The molecule has 0 radical (unpaired) electrons. The molecular weight excluding hydrogens is 270 g/mol. The molecule has 0 spiro atoms. The average molecular weight is 289 g/mol. The third kappa shape index (κ3) is 3.53. The standard InChI is InChI=1S/C11H19N3O4S/c1-9-11(18-8-12-9)7-13-19(15,16)14(2)10-3-5-17-6-4-10/h8,10,13H,3-7H2,1-2H3. The molecular formula is C11H19N3O4S. The maximum atomic E-state index is 12.1. The first-order chi connectivity index (χ1) is 9.00. The van der Waals surface area contributed by atoms with Crippen molar-refractivity contribution in [3.8, 4) is 0 Å². The van der Waals surface area contributed by atoms with Crippen LogP contribution < -0.4 is 4.72 Å². The van der Waals surface area contributed by atoms with Gasteiger partial charge in [-0.05, 0) is 19.8 Å². The molecule has 19 heavy (non-hydrogen) atoms. The van der Waals surface area contributed by atoms with Crippen LogP contribution in [0.5, 0.6) is 0 Å². The molecule has 0 amide bonds. The molecule has 8 heteroatoms. The van der Waals surface area contributed by atoms with Crippen LogP contribution in [0.3, 0.4) is 0 Å². The summed E-state index contributed by atoms with van der Waals surface area (Å²) in [5.74, 6) is 0.531. The highest BCUT2D eigenvalue weighted by atomic mass is 32.2. The van der Waals surface area contributed by atoms with Gasteiger partial charge in [0.05, 0.1) is 12.2 Å². The van der Waals surface area contributed by atoms with E-state index in [0.717, 1.165) is 12.8 Å². The van der Waals surface area contributed by atoms with E-state index < -0.39 is 10.2 Å². The van der Waals surface area contributed by atoms with E-state index in [9.17, 15) is 8.42 Å².